The molecule has 1 fully saturated rings. The number of methoxy groups -OCH3 is 2. The number of carbonyl (C=O) groups is 2. The minimum absolute atomic E-state index is 0.251. The van der Waals surface area contributed by atoms with Crippen LogP contribution in [0, 0.1) is 11.3 Å². The lowest BCUT2D eigenvalue weighted by atomic mass is 10.1. The summed E-state index contributed by atoms with van der Waals surface area (Å²) in [5.41, 5.74) is 1.38. The minimum Gasteiger partial charge on any atom is -0.493 e. The van der Waals surface area contributed by atoms with Gasteiger partial charge < -0.3 is 19.7 Å². The molecule has 2 aromatic carbocycles. The Morgan fingerprint density at radius 1 is 1.24 bits per heavy atom. The molecule has 0 aliphatic carbocycles. The van der Waals surface area contributed by atoms with Gasteiger partial charge >= 0.3 is 0 Å². The fourth-order valence-corrected chi connectivity index (χ4v) is 4.36. The molecule has 9 heteroatoms. The van der Waals surface area contributed by atoms with Gasteiger partial charge in [-0.2, -0.15) is 5.26 Å². The van der Waals surface area contributed by atoms with Crippen LogP contribution in [-0.2, 0) is 4.79 Å². The quantitative estimate of drug-likeness (QED) is 0.780. The summed E-state index contributed by atoms with van der Waals surface area (Å²) in [6.45, 7) is 0. The average molecular weight is 432 g/mol. The van der Waals surface area contributed by atoms with Crippen molar-refractivity contribution in [2.45, 2.75) is 6.04 Å². The van der Waals surface area contributed by atoms with Crippen LogP contribution in [0.25, 0.3) is 0 Å². The standard InChI is InChI=1S/C20H18ClN3O4S/c1-27-17-8-13(7-15(21)18(17)28-2)20(26)24-11-29-10-16(24)19(25)23-14-5-3-12(9-22)4-6-14/h3-8,16H,10-11H2,1-2H3,(H,23,25). The van der Waals surface area contributed by atoms with Gasteiger partial charge in [0, 0.05) is 17.0 Å². The van der Waals surface area contributed by atoms with Gasteiger partial charge in [-0.05, 0) is 36.4 Å². The molecule has 29 heavy (non-hydrogen) atoms. The van der Waals surface area contributed by atoms with Gasteiger partial charge in [-0.15, -0.1) is 11.8 Å². The smallest absolute Gasteiger partial charge is 0.255 e. The Hall–Kier alpha value is -2.89. The van der Waals surface area contributed by atoms with Crippen molar-refractivity contribution in [3.63, 3.8) is 0 Å². The van der Waals surface area contributed by atoms with Crippen LogP contribution in [0.4, 0.5) is 5.69 Å². The number of amides is 2. The van der Waals surface area contributed by atoms with Crippen LogP contribution in [0.2, 0.25) is 5.02 Å². The number of benzene rings is 2. The summed E-state index contributed by atoms with van der Waals surface area (Å²) in [7, 11) is 2.92. The van der Waals surface area contributed by atoms with Crippen LogP contribution < -0.4 is 14.8 Å². The molecule has 1 N–H and O–H groups in total. The van der Waals surface area contributed by atoms with Crippen molar-refractivity contribution in [1.29, 1.82) is 5.26 Å². The number of hydrogen-bond acceptors (Lipinski definition) is 6. The van der Waals surface area contributed by atoms with Gasteiger partial charge in [-0.3, -0.25) is 9.59 Å². The lowest BCUT2D eigenvalue weighted by Gasteiger charge is -2.23. The Kier molecular flexibility index (Phi) is 6.52. The number of rotatable bonds is 5. The van der Waals surface area contributed by atoms with E-state index in [-0.39, 0.29) is 16.8 Å². The molecule has 2 amide bonds. The largest absolute Gasteiger partial charge is 0.493 e. The summed E-state index contributed by atoms with van der Waals surface area (Å²) in [6, 6.07) is 11.0. The zero-order chi connectivity index (χ0) is 21.0. The summed E-state index contributed by atoms with van der Waals surface area (Å²) >= 11 is 7.70. The van der Waals surface area contributed by atoms with Crippen molar-refractivity contribution < 1.29 is 19.1 Å². The molecule has 7 nitrogen and oxygen atoms in total. The fourth-order valence-electron chi connectivity index (χ4n) is 2.92. The third kappa shape index (κ3) is 4.42. The average Bonchev–Trinajstić information content (AvgIpc) is 3.23. The molecule has 1 saturated heterocycles. The van der Waals surface area contributed by atoms with E-state index in [1.165, 1.54) is 36.9 Å². The molecule has 0 aromatic heterocycles. The molecule has 0 bridgehead atoms. The van der Waals surface area contributed by atoms with Gasteiger partial charge in [-0.1, -0.05) is 11.6 Å². The van der Waals surface area contributed by atoms with Crippen LogP contribution in [0.5, 0.6) is 11.5 Å². The molecule has 1 atom stereocenters. The molecule has 2 aromatic rings. The molecule has 1 unspecified atom stereocenters. The highest BCUT2D eigenvalue weighted by atomic mass is 35.5. The molecule has 3 rings (SSSR count). The van der Waals surface area contributed by atoms with Crippen LogP contribution >= 0.6 is 23.4 Å². The van der Waals surface area contributed by atoms with Gasteiger partial charge in [0.1, 0.15) is 6.04 Å². The maximum Gasteiger partial charge on any atom is 0.255 e. The first-order chi connectivity index (χ1) is 14.0. The molecule has 0 spiro atoms. The maximum atomic E-state index is 13.1. The van der Waals surface area contributed by atoms with Gasteiger partial charge in [0.05, 0.1) is 36.8 Å². The molecule has 150 valence electrons. The van der Waals surface area contributed by atoms with Crippen molar-refractivity contribution in [3.05, 3.63) is 52.5 Å². The second-order valence-corrected chi connectivity index (χ2v) is 7.57. The van der Waals surface area contributed by atoms with Crippen LogP contribution in [0.1, 0.15) is 15.9 Å². The Morgan fingerprint density at radius 2 is 1.97 bits per heavy atom. The van der Waals surface area contributed by atoms with E-state index in [1.54, 1.807) is 30.3 Å². The molecule has 1 heterocycles. The van der Waals surface area contributed by atoms with Crippen LogP contribution in [0.15, 0.2) is 36.4 Å². The van der Waals surface area contributed by atoms with Crippen molar-refractivity contribution in [2.24, 2.45) is 0 Å². The number of nitrogens with one attached hydrogen (secondary N) is 1. The van der Waals surface area contributed by atoms with Crippen LogP contribution in [0.3, 0.4) is 0 Å². The third-order valence-electron chi connectivity index (χ3n) is 4.41. The first-order valence-corrected chi connectivity index (χ1v) is 10.1. The zero-order valence-electron chi connectivity index (χ0n) is 15.8. The van der Waals surface area contributed by atoms with E-state index in [4.69, 9.17) is 26.3 Å². The van der Waals surface area contributed by atoms with Crippen molar-refractivity contribution >= 4 is 40.9 Å². The highest BCUT2D eigenvalue weighted by molar-refractivity contribution is 7.99. The number of nitrogens with zero attached hydrogens (tertiary/aromatic N) is 2. The molecule has 0 saturated carbocycles. The highest BCUT2D eigenvalue weighted by Crippen LogP contribution is 2.37. The predicted octanol–water partition coefficient (Wildman–Crippen LogP) is 3.38. The lowest BCUT2D eigenvalue weighted by Crippen LogP contribution is -2.44. The van der Waals surface area contributed by atoms with E-state index in [1.807, 2.05) is 6.07 Å². The highest BCUT2D eigenvalue weighted by Gasteiger charge is 2.35. The molecule has 1 aliphatic heterocycles. The predicted molar refractivity (Wildman–Crippen MR) is 112 cm³/mol. The number of ether oxygens (including phenoxy) is 2. The SMILES string of the molecule is COc1cc(C(=O)N2CSCC2C(=O)Nc2ccc(C#N)cc2)cc(Cl)c1OC. The van der Waals surface area contributed by atoms with E-state index in [0.717, 1.165) is 0 Å². The van der Waals surface area contributed by atoms with Crippen molar-refractivity contribution in [2.75, 3.05) is 31.2 Å². The lowest BCUT2D eigenvalue weighted by molar-refractivity contribution is -0.119. The Morgan fingerprint density at radius 3 is 2.59 bits per heavy atom. The number of halogens is 1. The van der Waals surface area contributed by atoms with Crippen LogP contribution in [-0.4, -0.2) is 48.6 Å². The van der Waals surface area contributed by atoms with E-state index in [2.05, 4.69) is 5.32 Å². The Labute approximate surface area is 177 Å². The summed E-state index contributed by atoms with van der Waals surface area (Å²) in [4.78, 5) is 27.3. The van der Waals surface area contributed by atoms with E-state index in [0.29, 0.717) is 39.9 Å². The number of anilines is 1. The monoisotopic (exact) mass is 431 g/mol. The molecular formula is C20H18ClN3O4S. The maximum absolute atomic E-state index is 13.1. The number of hydrogen-bond donors (Lipinski definition) is 1. The zero-order valence-corrected chi connectivity index (χ0v) is 17.3. The van der Waals surface area contributed by atoms with Gasteiger partial charge in [0.2, 0.25) is 5.91 Å². The van der Waals surface area contributed by atoms with Gasteiger partial charge in [0.15, 0.2) is 11.5 Å². The molecular weight excluding hydrogens is 414 g/mol. The fraction of sp³-hybridized carbons (Fsp3) is 0.250. The second-order valence-electron chi connectivity index (χ2n) is 6.16. The number of thioether (sulfide) groups is 1. The van der Waals surface area contributed by atoms with E-state index < -0.39 is 6.04 Å². The van der Waals surface area contributed by atoms with E-state index in [9.17, 15) is 9.59 Å². The number of carbonyl (C=O) groups excluding carboxylic acids is 2. The van der Waals surface area contributed by atoms with Gasteiger partial charge in [0.25, 0.3) is 5.91 Å². The summed E-state index contributed by atoms with van der Waals surface area (Å²) in [5, 5.41) is 11.9. The van der Waals surface area contributed by atoms with E-state index >= 15 is 0 Å². The Balaban J connectivity index is 1.79. The molecule has 0 radical (unpaired) electrons. The first-order valence-electron chi connectivity index (χ1n) is 8.59. The minimum atomic E-state index is -0.630. The summed E-state index contributed by atoms with van der Waals surface area (Å²) in [6.07, 6.45) is 0. The normalized spacial score (nSPS) is 15.5. The first kappa shape index (κ1) is 20.8. The molecule has 1 aliphatic rings. The topological polar surface area (TPSA) is 91.7 Å². The summed E-state index contributed by atoms with van der Waals surface area (Å²) < 4.78 is 10.5. The Bertz CT molecular complexity index is 975. The summed E-state index contributed by atoms with van der Waals surface area (Å²) in [5.74, 6) is 0.938. The second kappa shape index (κ2) is 9.07. The van der Waals surface area contributed by atoms with Gasteiger partial charge in [-0.25, -0.2) is 0 Å². The van der Waals surface area contributed by atoms with Crippen molar-refractivity contribution in [3.8, 4) is 17.6 Å². The third-order valence-corrected chi connectivity index (χ3v) is 5.70. The number of nitriles is 1. The van der Waals surface area contributed by atoms with Crippen molar-refractivity contribution in [1.82, 2.24) is 4.90 Å².